The van der Waals surface area contributed by atoms with Crippen molar-refractivity contribution >= 4 is 31.5 Å². The van der Waals surface area contributed by atoms with Gasteiger partial charge in [0.25, 0.3) is 0 Å². The maximum Gasteiger partial charge on any atom is 0.0355 e. The van der Waals surface area contributed by atoms with Gasteiger partial charge in [0.2, 0.25) is 0 Å². The fourth-order valence-electron chi connectivity index (χ4n) is 3.32. The fourth-order valence-corrected chi connectivity index (χ4v) is 4.38. The third kappa shape index (κ3) is 3.95. The Bertz CT molecular complexity index is 768. The molecule has 0 amide bonds. The van der Waals surface area contributed by atoms with Crippen molar-refractivity contribution in [3.63, 3.8) is 0 Å². The van der Waals surface area contributed by atoms with Crippen molar-refractivity contribution < 1.29 is 0 Å². The molecule has 0 aliphatic carbocycles. The molecule has 2 aromatic carbocycles. The molecule has 0 spiro atoms. The molecule has 0 aliphatic rings. The molecule has 0 N–H and O–H groups in total. The third-order valence-corrected chi connectivity index (χ3v) is 5.22. The van der Waals surface area contributed by atoms with Crippen LogP contribution in [-0.2, 0) is 12.8 Å². The number of hydrogen-bond acceptors (Lipinski definition) is 1. The van der Waals surface area contributed by atoms with Gasteiger partial charge in [-0.25, -0.2) is 0 Å². The first-order chi connectivity index (χ1) is 10.6. The summed E-state index contributed by atoms with van der Waals surface area (Å²) in [5.74, 6) is 0. The van der Waals surface area contributed by atoms with Crippen molar-refractivity contribution in [2.45, 2.75) is 54.4 Å². The van der Waals surface area contributed by atoms with Gasteiger partial charge >= 0.3 is 0 Å². The molecule has 0 atom stereocenters. The molecule has 0 fully saturated rings. The minimum absolute atomic E-state index is 0.330. The molecule has 3 rings (SSSR count). The second kappa shape index (κ2) is 5.63. The lowest BCUT2D eigenvalue weighted by Gasteiger charge is -2.18. The number of rotatable bonds is 2. The Morgan fingerprint density at radius 2 is 1.04 bits per heavy atom. The molecule has 0 saturated carbocycles. The lowest BCUT2D eigenvalue weighted by molar-refractivity contribution is 0.411. The standard InChI is InChI=1S/C22H28S/c1-21(2,3)13-15-7-9-19-17(11-15)18-12-16(14-22(4,5)6)8-10-20(18)23-19/h7-12H,13-14H2,1-6H3. The van der Waals surface area contributed by atoms with Crippen LogP contribution in [0.4, 0.5) is 0 Å². The average Bonchev–Trinajstić information content (AvgIpc) is 2.73. The summed E-state index contributed by atoms with van der Waals surface area (Å²) in [6.07, 6.45) is 2.25. The molecule has 23 heavy (non-hydrogen) atoms. The monoisotopic (exact) mass is 324 g/mol. The van der Waals surface area contributed by atoms with E-state index in [2.05, 4.69) is 77.9 Å². The second-order valence-electron chi connectivity index (χ2n) is 9.24. The molecule has 3 aromatic rings. The maximum absolute atomic E-state index is 2.42. The van der Waals surface area contributed by atoms with E-state index in [0.717, 1.165) is 12.8 Å². The summed E-state index contributed by atoms with van der Waals surface area (Å²) in [6, 6.07) is 14.1. The summed E-state index contributed by atoms with van der Waals surface area (Å²) < 4.78 is 2.82. The van der Waals surface area contributed by atoms with Gasteiger partial charge in [0.05, 0.1) is 0 Å². The van der Waals surface area contributed by atoms with Crippen molar-refractivity contribution in [2.24, 2.45) is 10.8 Å². The number of hydrogen-bond donors (Lipinski definition) is 0. The summed E-state index contributed by atoms with van der Waals surface area (Å²) in [7, 11) is 0. The lowest BCUT2D eigenvalue weighted by atomic mass is 9.87. The summed E-state index contributed by atoms with van der Waals surface area (Å²) in [5.41, 5.74) is 3.56. The molecular weight excluding hydrogens is 296 g/mol. The highest BCUT2D eigenvalue weighted by Crippen LogP contribution is 2.36. The lowest BCUT2D eigenvalue weighted by Crippen LogP contribution is -2.09. The first-order valence-corrected chi connectivity index (χ1v) is 9.37. The highest BCUT2D eigenvalue weighted by atomic mass is 32.1. The molecule has 0 unspecified atom stereocenters. The van der Waals surface area contributed by atoms with E-state index >= 15 is 0 Å². The normalized spacial score (nSPS) is 13.1. The van der Waals surface area contributed by atoms with Gasteiger partial charge in [-0.2, -0.15) is 0 Å². The van der Waals surface area contributed by atoms with Gasteiger partial charge in [-0.15, -0.1) is 11.3 Å². The Morgan fingerprint density at radius 3 is 1.39 bits per heavy atom. The highest BCUT2D eigenvalue weighted by molar-refractivity contribution is 7.25. The number of fused-ring (bicyclic) bond motifs is 3. The summed E-state index contributed by atoms with van der Waals surface area (Å²) in [5, 5.41) is 2.87. The Labute approximate surface area is 144 Å². The van der Waals surface area contributed by atoms with Crippen LogP contribution in [0.2, 0.25) is 0 Å². The Hall–Kier alpha value is -1.34. The molecule has 1 heterocycles. The van der Waals surface area contributed by atoms with Gasteiger partial charge in [-0.05, 0) is 59.1 Å². The summed E-state index contributed by atoms with van der Waals surface area (Å²) in [6.45, 7) is 13.9. The van der Waals surface area contributed by atoms with Crippen LogP contribution < -0.4 is 0 Å². The van der Waals surface area contributed by atoms with Gasteiger partial charge in [-0.3, -0.25) is 0 Å². The smallest absolute Gasteiger partial charge is 0.0355 e. The zero-order valence-electron chi connectivity index (χ0n) is 15.3. The average molecular weight is 325 g/mol. The number of benzene rings is 2. The van der Waals surface area contributed by atoms with Crippen LogP contribution in [0.15, 0.2) is 36.4 Å². The molecule has 0 bridgehead atoms. The topological polar surface area (TPSA) is 0 Å². The molecule has 1 aromatic heterocycles. The van der Waals surface area contributed by atoms with Gasteiger partial charge < -0.3 is 0 Å². The third-order valence-electron chi connectivity index (χ3n) is 4.07. The van der Waals surface area contributed by atoms with Crippen LogP contribution in [0.5, 0.6) is 0 Å². The van der Waals surface area contributed by atoms with E-state index in [-0.39, 0.29) is 0 Å². The van der Waals surface area contributed by atoms with Crippen molar-refractivity contribution in [1.82, 2.24) is 0 Å². The van der Waals surface area contributed by atoms with Crippen molar-refractivity contribution in [3.8, 4) is 0 Å². The molecule has 122 valence electrons. The van der Waals surface area contributed by atoms with E-state index in [0.29, 0.717) is 10.8 Å². The molecular formula is C22H28S. The minimum Gasteiger partial charge on any atom is -0.135 e. The predicted octanol–water partition coefficient (Wildman–Crippen LogP) is 7.23. The van der Waals surface area contributed by atoms with E-state index in [9.17, 15) is 0 Å². The van der Waals surface area contributed by atoms with Gasteiger partial charge in [-0.1, -0.05) is 53.7 Å². The zero-order valence-corrected chi connectivity index (χ0v) is 16.1. The Kier molecular flexibility index (Phi) is 4.04. The summed E-state index contributed by atoms with van der Waals surface area (Å²) >= 11 is 1.92. The van der Waals surface area contributed by atoms with Gasteiger partial charge in [0.1, 0.15) is 0 Å². The first kappa shape index (κ1) is 16.5. The van der Waals surface area contributed by atoms with Crippen LogP contribution in [0.1, 0.15) is 52.7 Å². The predicted molar refractivity (Wildman–Crippen MR) is 106 cm³/mol. The van der Waals surface area contributed by atoms with Gasteiger partial charge in [0.15, 0.2) is 0 Å². The van der Waals surface area contributed by atoms with Crippen LogP contribution in [-0.4, -0.2) is 0 Å². The highest BCUT2D eigenvalue weighted by Gasteiger charge is 2.15. The van der Waals surface area contributed by atoms with Crippen molar-refractivity contribution in [3.05, 3.63) is 47.5 Å². The van der Waals surface area contributed by atoms with E-state index in [1.165, 1.54) is 31.3 Å². The molecule has 0 radical (unpaired) electrons. The quantitative estimate of drug-likeness (QED) is 0.466. The Morgan fingerprint density at radius 1 is 0.652 bits per heavy atom. The van der Waals surface area contributed by atoms with Crippen molar-refractivity contribution in [1.29, 1.82) is 0 Å². The van der Waals surface area contributed by atoms with E-state index in [1.807, 2.05) is 11.3 Å². The molecule has 1 heteroatoms. The van der Waals surface area contributed by atoms with Gasteiger partial charge in [0, 0.05) is 20.2 Å². The first-order valence-electron chi connectivity index (χ1n) is 8.55. The molecule has 0 nitrogen and oxygen atoms in total. The Balaban J connectivity index is 2.09. The van der Waals surface area contributed by atoms with Crippen LogP contribution in [0.3, 0.4) is 0 Å². The van der Waals surface area contributed by atoms with Crippen LogP contribution >= 0.6 is 11.3 Å². The van der Waals surface area contributed by atoms with Crippen LogP contribution in [0, 0.1) is 10.8 Å². The fraction of sp³-hybridized carbons (Fsp3) is 0.455. The largest absolute Gasteiger partial charge is 0.135 e. The van der Waals surface area contributed by atoms with Crippen LogP contribution in [0.25, 0.3) is 20.2 Å². The SMILES string of the molecule is CC(C)(C)Cc1ccc2sc3ccc(CC(C)(C)C)cc3c2c1. The minimum atomic E-state index is 0.330. The molecule has 0 saturated heterocycles. The second-order valence-corrected chi connectivity index (χ2v) is 10.3. The van der Waals surface area contributed by atoms with Crippen molar-refractivity contribution in [2.75, 3.05) is 0 Å². The van der Waals surface area contributed by atoms with E-state index in [4.69, 9.17) is 0 Å². The number of thiophene rings is 1. The van der Waals surface area contributed by atoms with E-state index < -0.39 is 0 Å². The summed E-state index contributed by atoms with van der Waals surface area (Å²) in [4.78, 5) is 0. The molecule has 0 aliphatic heterocycles. The maximum atomic E-state index is 2.42. The van der Waals surface area contributed by atoms with E-state index in [1.54, 1.807) is 0 Å². The zero-order chi connectivity index (χ0) is 16.8.